The van der Waals surface area contributed by atoms with Crippen molar-refractivity contribution in [3.8, 4) is 11.5 Å². The maximum atomic E-state index is 12.3. The Kier molecular flexibility index (Phi) is 5.08. The number of carbonyl (C=O) groups is 1. The zero-order valence-corrected chi connectivity index (χ0v) is 13.5. The fourth-order valence-corrected chi connectivity index (χ4v) is 2.51. The number of ether oxygens (including phenoxy) is 3. The molecule has 126 valence electrons. The lowest BCUT2D eigenvalue weighted by atomic mass is 10.0. The minimum atomic E-state index is -0.879. The summed E-state index contributed by atoms with van der Waals surface area (Å²) in [5, 5.41) is 2.85. The number of hydrogen-bond donors (Lipinski definition) is 1. The second kappa shape index (κ2) is 7.42. The van der Waals surface area contributed by atoms with E-state index in [9.17, 15) is 4.79 Å². The van der Waals surface area contributed by atoms with Gasteiger partial charge in [-0.15, -0.1) is 0 Å². The molecule has 1 saturated heterocycles. The Balaban J connectivity index is 1.55. The van der Waals surface area contributed by atoms with Gasteiger partial charge in [-0.3, -0.25) is 9.78 Å². The first-order valence-corrected chi connectivity index (χ1v) is 7.81. The molecule has 0 aliphatic carbocycles. The van der Waals surface area contributed by atoms with E-state index in [0.29, 0.717) is 25.3 Å². The molecule has 0 radical (unpaired) electrons. The zero-order valence-electron chi connectivity index (χ0n) is 13.5. The Hall–Kier alpha value is -2.44. The van der Waals surface area contributed by atoms with E-state index in [1.165, 1.54) is 7.11 Å². The van der Waals surface area contributed by atoms with E-state index in [-0.39, 0.29) is 12.5 Å². The molecule has 1 amide bonds. The molecule has 1 aliphatic rings. The van der Waals surface area contributed by atoms with Crippen LogP contribution in [-0.4, -0.2) is 36.8 Å². The van der Waals surface area contributed by atoms with Gasteiger partial charge in [0.05, 0.1) is 31.6 Å². The van der Waals surface area contributed by atoms with Crippen molar-refractivity contribution in [1.29, 1.82) is 0 Å². The third-order valence-corrected chi connectivity index (χ3v) is 4.00. The molecule has 1 aromatic carbocycles. The van der Waals surface area contributed by atoms with Crippen LogP contribution in [0.1, 0.15) is 12.1 Å². The topological polar surface area (TPSA) is 69.7 Å². The molecule has 1 fully saturated rings. The van der Waals surface area contributed by atoms with Crippen LogP contribution in [0.5, 0.6) is 11.5 Å². The molecule has 0 bridgehead atoms. The Bertz CT molecular complexity index is 667. The number of nitrogens with one attached hydrogen (secondary N) is 1. The summed E-state index contributed by atoms with van der Waals surface area (Å²) in [5.41, 5.74) is -0.134. The second-order valence-electron chi connectivity index (χ2n) is 5.58. The predicted molar refractivity (Wildman–Crippen MR) is 87.8 cm³/mol. The predicted octanol–water partition coefficient (Wildman–Crippen LogP) is 2.30. The molecule has 24 heavy (non-hydrogen) atoms. The number of hydrogen-bond acceptors (Lipinski definition) is 5. The van der Waals surface area contributed by atoms with Gasteiger partial charge in [0.25, 0.3) is 5.91 Å². The number of nitrogens with zero attached hydrogens (tertiary/aromatic N) is 1. The van der Waals surface area contributed by atoms with Crippen molar-refractivity contribution in [3.63, 3.8) is 0 Å². The molecule has 1 unspecified atom stereocenters. The number of aromatic nitrogens is 1. The summed E-state index contributed by atoms with van der Waals surface area (Å²) in [6.07, 6.45) is 2.20. The van der Waals surface area contributed by atoms with Crippen molar-refractivity contribution >= 4 is 5.91 Å². The summed E-state index contributed by atoms with van der Waals surface area (Å²) in [6, 6.07) is 13.1. The highest BCUT2D eigenvalue weighted by molar-refractivity contribution is 5.85. The third-order valence-electron chi connectivity index (χ3n) is 4.00. The average molecular weight is 328 g/mol. The van der Waals surface area contributed by atoms with E-state index < -0.39 is 5.60 Å². The first-order chi connectivity index (χ1) is 11.7. The summed E-state index contributed by atoms with van der Waals surface area (Å²) in [6.45, 7) is 1.15. The standard InChI is InChI=1S/C18H20N2O4/c1-22-18(9-10-23-13-18)17(21)20-11-14-7-8-16(12-19-14)24-15-5-3-2-4-6-15/h2-8,12H,9-11,13H2,1H3,(H,20,21). The first kappa shape index (κ1) is 16.4. The number of para-hydroxylation sites is 1. The lowest BCUT2D eigenvalue weighted by Crippen LogP contribution is -2.48. The fourth-order valence-electron chi connectivity index (χ4n) is 2.51. The molecule has 0 spiro atoms. The van der Waals surface area contributed by atoms with Crippen molar-refractivity contribution in [1.82, 2.24) is 10.3 Å². The molecule has 1 N–H and O–H groups in total. The molecular formula is C18H20N2O4. The van der Waals surface area contributed by atoms with Gasteiger partial charge in [-0.05, 0) is 24.3 Å². The van der Waals surface area contributed by atoms with Crippen molar-refractivity contribution in [2.45, 2.75) is 18.6 Å². The quantitative estimate of drug-likeness (QED) is 0.881. The van der Waals surface area contributed by atoms with Crippen LogP contribution in [0.25, 0.3) is 0 Å². The summed E-state index contributed by atoms with van der Waals surface area (Å²) < 4.78 is 16.3. The molecule has 1 atom stereocenters. The molecule has 1 aliphatic heterocycles. The number of benzene rings is 1. The number of carbonyl (C=O) groups excluding carboxylic acids is 1. The van der Waals surface area contributed by atoms with Crippen LogP contribution in [-0.2, 0) is 20.8 Å². The van der Waals surface area contributed by atoms with Crippen LogP contribution in [0.15, 0.2) is 48.7 Å². The normalized spacial score (nSPS) is 19.9. The minimum absolute atomic E-state index is 0.172. The van der Waals surface area contributed by atoms with Gasteiger partial charge in [0.1, 0.15) is 11.5 Å². The molecular weight excluding hydrogens is 308 g/mol. The molecule has 3 rings (SSSR count). The van der Waals surface area contributed by atoms with Gasteiger partial charge in [0, 0.05) is 13.5 Å². The Morgan fingerprint density at radius 2 is 2.08 bits per heavy atom. The molecule has 1 aromatic heterocycles. The largest absolute Gasteiger partial charge is 0.456 e. The van der Waals surface area contributed by atoms with Crippen LogP contribution in [0.3, 0.4) is 0 Å². The monoisotopic (exact) mass is 328 g/mol. The zero-order chi connectivity index (χ0) is 16.8. The Labute approximate surface area is 140 Å². The van der Waals surface area contributed by atoms with Crippen LogP contribution >= 0.6 is 0 Å². The van der Waals surface area contributed by atoms with E-state index >= 15 is 0 Å². The highest BCUT2D eigenvalue weighted by atomic mass is 16.6. The van der Waals surface area contributed by atoms with Crippen LogP contribution in [0, 0.1) is 0 Å². The van der Waals surface area contributed by atoms with E-state index in [0.717, 1.165) is 11.4 Å². The highest BCUT2D eigenvalue weighted by Crippen LogP contribution is 2.23. The van der Waals surface area contributed by atoms with Crippen molar-refractivity contribution in [3.05, 3.63) is 54.4 Å². The van der Waals surface area contributed by atoms with Gasteiger partial charge >= 0.3 is 0 Å². The van der Waals surface area contributed by atoms with E-state index in [1.54, 1.807) is 6.20 Å². The summed E-state index contributed by atoms with van der Waals surface area (Å²) in [4.78, 5) is 16.6. The van der Waals surface area contributed by atoms with Gasteiger partial charge in [-0.2, -0.15) is 0 Å². The molecule has 6 nitrogen and oxygen atoms in total. The number of rotatable bonds is 6. The van der Waals surface area contributed by atoms with Gasteiger partial charge in [-0.25, -0.2) is 0 Å². The van der Waals surface area contributed by atoms with E-state index in [2.05, 4.69) is 10.3 Å². The van der Waals surface area contributed by atoms with E-state index in [1.807, 2.05) is 42.5 Å². The maximum Gasteiger partial charge on any atom is 0.255 e. The number of amides is 1. The van der Waals surface area contributed by atoms with Crippen molar-refractivity contribution in [2.24, 2.45) is 0 Å². The summed E-state index contributed by atoms with van der Waals surface area (Å²) in [5.74, 6) is 1.23. The summed E-state index contributed by atoms with van der Waals surface area (Å²) in [7, 11) is 1.53. The van der Waals surface area contributed by atoms with Crippen molar-refractivity contribution in [2.75, 3.05) is 20.3 Å². The smallest absolute Gasteiger partial charge is 0.255 e. The van der Waals surface area contributed by atoms with Gasteiger partial charge < -0.3 is 19.5 Å². The summed E-state index contributed by atoms with van der Waals surface area (Å²) >= 11 is 0. The van der Waals surface area contributed by atoms with Crippen LogP contribution < -0.4 is 10.1 Å². The lowest BCUT2D eigenvalue weighted by Gasteiger charge is -2.24. The third kappa shape index (κ3) is 3.72. The molecule has 2 heterocycles. The molecule has 6 heteroatoms. The van der Waals surface area contributed by atoms with Crippen LogP contribution in [0.2, 0.25) is 0 Å². The fraction of sp³-hybridized carbons (Fsp3) is 0.333. The van der Waals surface area contributed by atoms with Crippen molar-refractivity contribution < 1.29 is 19.0 Å². The molecule has 2 aromatic rings. The lowest BCUT2D eigenvalue weighted by molar-refractivity contribution is -0.143. The van der Waals surface area contributed by atoms with Gasteiger partial charge in [0.15, 0.2) is 5.60 Å². The minimum Gasteiger partial charge on any atom is -0.456 e. The first-order valence-electron chi connectivity index (χ1n) is 7.81. The average Bonchev–Trinajstić information content (AvgIpc) is 3.12. The second-order valence-corrected chi connectivity index (χ2v) is 5.58. The van der Waals surface area contributed by atoms with E-state index in [4.69, 9.17) is 14.2 Å². The maximum absolute atomic E-state index is 12.3. The highest BCUT2D eigenvalue weighted by Gasteiger charge is 2.42. The van der Waals surface area contributed by atoms with Crippen LogP contribution in [0.4, 0.5) is 0 Å². The Morgan fingerprint density at radius 3 is 2.71 bits per heavy atom. The van der Waals surface area contributed by atoms with Gasteiger partial charge in [-0.1, -0.05) is 18.2 Å². The Morgan fingerprint density at radius 1 is 1.25 bits per heavy atom. The van der Waals surface area contributed by atoms with Gasteiger partial charge in [0.2, 0.25) is 0 Å². The SMILES string of the molecule is COC1(C(=O)NCc2ccc(Oc3ccccc3)cn2)CCOC1. The number of methoxy groups -OCH3 is 1. The number of pyridine rings is 1. The molecule has 0 saturated carbocycles.